The minimum absolute atomic E-state index is 0.0263. The Balaban J connectivity index is 1.97. The molecule has 0 aromatic heterocycles. The highest BCUT2D eigenvalue weighted by Gasteiger charge is 2.32. The Labute approximate surface area is 146 Å². The second kappa shape index (κ2) is 6.91. The smallest absolute Gasteiger partial charge is 0.319 e. The molecule has 1 heterocycles. The van der Waals surface area contributed by atoms with Crippen LogP contribution in [-0.2, 0) is 4.79 Å². The highest BCUT2D eigenvalue weighted by atomic mass is 19.2. The maximum absolute atomic E-state index is 14.2. The van der Waals surface area contributed by atoms with E-state index >= 15 is 0 Å². The first kappa shape index (κ1) is 17.5. The number of carbonyl (C=O) groups is 2. The molecule has 2 aromatic carbocycles. The summed E-state index contributed by atoms with van der Waals surface area (Å²) in [7, 11) is 0. The van der Waals surface area contributed by atoms with Crippen LogP contribution in [0.5, 0.6) is 0 Å². The zero-order valence-electron chi connectivity index (χ0n) is 13.6. The van der Waals surface area contributed by atoms with E-state index in [2.05, 4.69) is 16.0 Å². The number of hydrogen-bond donors (Lipinski definition) is 3. The van der Waals surface area contributed by atoms with Gasteiger partial charge in [-0.1, -0.05) is 18.2 Å². The Kier molecular flexibility index (Phi) is 4.66. The van der Waals surface area contributed by atoms with Gasteiger partial charge in [-0.15, -0.1) is 0 Å². The zero-order valence-corrected chi connectivity index (χ0v) is 13.6. The molecule has 0 saturated carbocycles. The minimum atomic E-state index is -1.12. The van der Waals surface area contributed by atoms with Gasteiger partial charge < -0.3 is 16.0 Å². The SMILES string of the molecule is CC1=C(C(=O)Nc2ccc(F)c(F)c2)C(c2ccccc2F)NC(=O)N1. The van der Waals surface area contributed by atoms with Crippen LogP contribution in [0.3, 0.4) is 0 Å². The Morgan fingerprint density at radius 1 is 1.04 bits per heavy atom. The molecule has 0 spiro atoms. The standard InChI is InChI=1S/C18H14F3N3O2/c1-9-15(17(25)23-10-6-7-13(20)14(21)8-10)16(24-18(26)22-9)11-4-2-3-5-12(11)19/h2-8,16H,1H3,(H,23,25)(H2,22,24,26). The number of carbonyl (C=O) groups excluding carboxylic acids is 2. The minimum Gasteiger partial charge on any atom is -0.327 e. The largest absolute Gasteiger partial charge is 0.327 e. The summed E-state index contributed by atoms with van der Waals surface area (Å²) in [6.07, 6.45) is 0. The fraction of sp³-hybridized carbons (Fsp3) is 0.111. The molecule has 0 saturated heterocycles. The number of amides is 3. The van der Waals surface area contributed by atoms with Crippen LogP contribution in [0.4, 0.5) is 23.7 Å². The lowest BCUT2D eigenvalue weighted by Gasteiger charge is -2.28. The van der Waals surface area contributed by atoms with Crippen LogP contribution < -0.4 is 16.0 Å². The van der Waals surface area contributed by atoms with Gasteiger partial charge >= 0.3 is 6.03 Å². The molecule has 26 heavy (non-hydrogen) atoms. The van der Waals surface area contributed by atoms with Crippen molar-refractivity contribution in [2.24, 2.45) is 0 Å². The maximum atomic E-state index is 14.2. The highest BCUT2D eigenvalue weighted by molar-refractivity contribution is 6.06. The molecule has 0 bridgehead atoms. The molecule has 1 unspecified atom stereocenters. The molecular weight excluding hydrogens is 347 g/mol. The van der Waals surface area contributed by atoms with Crippen molar-refractivity contribution in [3.63, 3.8) is 0 Å². The number of allylic oxidation sites excluding steroid dienone is 1. The second-order valence-corrected chi connectivity index (χ2v) is 5.67. The van der Waals surface area contributed by atoms with Crippen molar-refractivity contribution < 1.29 is 22.8 Å². The monoisotopic (exact) mass is 361 g/mol. The summed E-state index contributed by atoms with van der Waals surface area (Å²) >= 11 is 0. The van der Waals surface area contributed by atoms with Crippen molar-refractivity contribution in [2.45, 2.75) is 13.0 Å². The molecule has 134 valence electrons. The molecule has 1 atom stereocenters. The van der Waals surface area contributed by atoms with E-state index in [4.69, 9.17) is 0 Å². The number of benzene rings is 2. The molecular formula is C18H14F3N3O2. The van der Waals surface area contributed by atoms with Crippen LogP contribution in [0.25, 0.3) is 0 Å². The first-order valence-electron chi connectivity index (χ1n) is 7.66. The van der Waals surface area contributed by atoms with Crippen molar-refractivity contribution >= 4 is 17.6 Å². The third kappa shape index (κ3) is 3.39. The third-order valence-corrected chi connectivity index (χ3v) is 3.91. The summed E-state index contributed by atoms with van der Waals surface area (Å²) < 4.78 is 40.5. The quantitative estimate of drug-likeness (QED) is 0.785. The van der Waals surface area contributed by atoms with Gasteiger partial charge in [0.25, 0.3) is 5.91 Å². The van der Waals surface area contributed by atoms with Crippen molar-refractivity contribution in [1.29, 1.82) is 0 Å². The lowest BCUT2D eigenvalue weighted by atomic mass is 9.94. The fourth-order valence-electron chi connectivity index (χ4n) is 2.71. The summed E-state index contributed by atoms with van der Waals surface area (Å²) in [5.74, 6) is -3.44. The van der Waals surface area contributed by atoms with Gasteiger partial charge in [-0.05, 0) is 25.1 Å². The number of nitrogens with one attached hydrogen (secondary N) is 3. The average molecular weight is 361 g/mol. The van der Waals surface area contributed by atoms with Crippen LogP contribution in [-0.4, -0.2) is 11.9 Å². The first-order valence-corrected chi connectivity index (χ1v) is 7.66. The van der Waals surface area contributed by atoms with Gasteiger partial charge in [0.15, 0.2) is 11.6 Å². The molecule has 3 amide bonds. The lowest BCUT2D eigenvalue weighted by Crippen LogP contribution is -2.46. The van der Waals surface area contributed by atoms with E-state index in [0.717, 1.165) is 12.1 Å². The van der Waals surface area contributed by atoms with Crippen LogP contribution in [0.15, 0.2) is 53.7 Å². The van der Waals surface area contributed by atoms with Gasteiger partial charge in [0.1, 0.15) is 5.82 Å². The van der Waals surface area contributed by atoms with Gasteiger partial charge in [0.05, 0.1) is 11.6 Å². The number of anilines is 1. The van der Waals surface area contributed by atoms with E-state index in [1.54, 1.807) is 6.07 Å². The summed E-state index contributed by atoms with van der Waals surface area (Å²) in [4.78, 5) is 24.5. The van der Waals surface area contributed by atoms with Crippen LogP contribution in [0.2, 0.25) is 0 Å². The van der Waals surface area contributed by atoms with Crippen LogP contribution >= 0.6 is 0 Å². The Bertz CT molecular complexity index is 928. The molecule has 1 aliphatic heterocycles. The van der Waals surface area contributed by atoms with E-state index < -0.39 is 35.4 Å². The lowest BCUT2D eigenvalue weighted by molar-refractivity contribution is -0.113. The number of urea groups is 1. The normalized spacial score (nSPS) is 16.8. The number of hydrogen-bond acceptors (Lipinski definition) is 2. The predicted molar refractivity (Wildman–Crippen MR) is 88.5 cm³/mol. The molecule has 3 N–H and O–H groups in total. The summed E-state index contributed by atoms with van der Waals surface area (Å²) in [6, 6.07) is 7.01. The van der Waals surface area contributed by atoms with E-state index in [1.165, 1.54) is 31.2 Å². The topological polar surface area (TPSA) is 70.2 Å². The molecule has 1 aliphatic rings. The van der Waals surface area contributed by atoms with Crippen molar-refractivity contribution in [3.8, 4) is 0 Å². The molecule has 3 rings (SSSR count). The van der Waals surface area contributed by atoms with E-state index in [0.29, 0.717) is 0 Å². The van der Waals surface area contributed by atoms with Crippen LogP contribution in [0, 0.1) is 17.5 Å². The predicted octanol–water partition coefficient (Wildman–Crippen LogP) is 3.37. The third-order valence-electron chi connectivity index (χ3n) is 3.91. The molecule has 0 aliphatic carbocycles. The fourth-order valence-corrected chi connectivity index (χ4v) is 2.71. The van der Waals surface area contributed by atoms with Gasteiger partial charge in [-0.3, -0.25) is 4.79 Å². The van der Waals surface area contributed by atoms with E-state index in [-0.39, 0.29) is 22.5 Å². The Morgan fingerprint density at radius 3 is 2.46 bits per heavy atom. The molecule has 5 nitrogen and oxygen atoms in total. The summed E-state index contributed by atoms with van der Waals surface area (Å²) in [5, 5.41) is 7.37. The van der Waals surface area contributed by atoms with Gasteiger partial charge in [0.2, 0.25) is 0 Å². The number of rotatable bonds is 3. The molecule has 0 fully saturated rings. The summed E-state index contributed by atoms with van der Waals surface area (Å²) in [6.45, 7) is 1.49. The molecule has 8 heteroatoms. The number of halogens is 3. The van der Waals surface area contributed by atoms with Crippen molar-refractivity contribution in [3.05, 3.63) is 76.7 Å². The van der Waals surface area contributed by atoms with E-state index in [9.17, 15) is 22.8 Å². The van der Waals surface area contributed by atoms with Gasteiger partial charge in [-0.25, -0.2) is 18.0 Å². The van der Waals surface area contributed by atoms with Crippen LogP contribution in [0.1, 0.15) is 18.5 Å². The zero-order chi connectivity index (χ0) is 18.8. The molecule has 0 radical (unpaired) electrons. The maximum Gasteiger partial charge on any atom is 0.319 e. The van der Waals surface area contributed by atoms with Crippen molar-refractivity contribution in [2.75, 3.05) is 5.32 Å². The average Bonchev–Trinajstić information content (AvgIpc) is 2.57. The Morgan fingerprint density at radius 2 is 1.77 bits per heavy atom. The van der Waals surface area contributed by atoms with Gasteiger partial charge in [0, 0.05) is 23.0 Å². The van der Waals surface area contributed by atoms with E-state index in [1.807, 2.05) is 0 Å². The summed E-state index contributed by atoms with van der Waals surface area (Å²) in [5.41, 5.74) is 0.414. The highest BCUT2D eigenvalue weighted by Crippen LogP contribution is 2.29. The second-order valence-electron chi connectivity index (χ2n) is 5.67. The Hall–Kier alpha value is -3.29. The first-order chi connectivity index (χ1) is 12.4. The van der Waals surface area contributed by atoms with Gasteiger partial charge in [-0.2, -0.15) is 0 Å². The van der Waals surface area contributed by atoms with Crippen molar-refractivity contribution in [1.82, 2.24) is 10.6 Å². The molecule has 2 aromatic rings.